The molecule has 3 heterocycles. The van der Waals surface area contributed by atoms with E-state index < -0.39 is 29.7 Å². The van der Waals surface area contributed by atoms with Gasteiger partial charge in [0.1, 0.15) is 46.5 Å². The Hall–Kier alpha value is -4.34. The molecule has 0 amide bonds. The molecule has 5 N–H and O–H groups in total. The summed E-state index contributed by atoms with van der Waals surface area (Å²) in [5, 5.41) is 24.3. The molecular formula is C33H36N2O7. The molecule has 0 radical (unpaired) electrons. The van der Waals surface area contributed by atoms with Gasteiger partial charge in [-0.05, 0) is 50.8 Å². The maximum atomic E-state index is 13.2. The van der Waals surface area contributed by atoms with Crippen molar-refractivity contribution < 1.29 is 28.9 Å². The number of hydrogen-bond donors (Lipinski definition) is 4. The molecule has 1 unspecified atom stereocenters. The van der Waals surface area contributed by atoms with Gasteiger partial charge < -0.3 is 35.2 Å². The summed E-state index contributed by atoms with van der Waals surface area (Å²) in [6, 6.07) is 10.8. The Kier molecular flexibility index (Phi) is 8.24. The number of aliphatic hydroxyl groups is 1. The molecular weight excluding hydrogens is 536 g/mol. The van der Waals surface area contributed by atoms with Crippen LogP contribution < -0.4 is 21.2 Å². The molecule has 2 aromatic carbocycles. The Bertz CT molecular complexity index is 1650. The Balaban J connectivity index is 1.66. The molecule has 1 aromatic heterocycles. The fraction of sp³-hybridized carbons (Fsp3) is 0.333. The molecule has 3 atom stereocenters. The number of rotatable bonds is 8. The third-order valence-electron chi connectivity index (χ3n) is 8.02. The molecule has 3 aromatic rings. The van der Waals surface area contributed by atoms with Crippen molar-refractivity contribution in [1.82, 2.24) is 5.32 Å². The van der Waals surface area contributed by atoms with Gasteiger partial charge in [0.15, 0.2) is 5.43 Å². The van der Waals surface area contributed by atoms with Crippen LogP contribution in [0.4, 0.5) is 0 Å². The minimum absolute atomic E-state index is 0.00120. The summed E-state index contributed by atoms with van der Waals surface area (Å²) in [4.78, 5) is 26.2. The molecule has 2 aliphatic heterocycles. The summed E-state index contributed by atoms with van der Waals surface area (Å²) in [5.41, 5.74) is 7.90. The summed E-state index contributed by atoms with van der Waals surface area (Å²) in [6.07, 6.45) is 7.86. The molecule has 0 fully saturated rings. The maximum absolute atomic E-state index is 13.2. The van der Waals surface area contributed by atoms with E-state index in [-0.39, 0.29) is 35.1 Å². The second kappa shape index (κ2) is 11.9. The Morgan fingerprint density at radius 2 is 2.05 bits per heavy atom. The second-order valence-electron chi connectivity index (χ2n) is 11.0. The van der Waals surface area contributed by atoms with E-state index in [1.165, 1.54) is 6.07 Å². The minimum Gasteiger partial charge on any atom is -0.507 e. The van der Waals surface area contributed by atoms with E-state index in [1.807, 2.05) is 55.6 Å². The first-order valence-corrected chi connectivity index (χ1v) is 14.0. The van der Waals surface area contributed by atoms with Crippen molar-refractivity contribution in [2.45, 2.75) is 70.9 Å². The molecule has 0 bridgehead atoms. The minimum atomic E-state index is -1.01. The van der Waals surface area contributed by atoms with E-state index in [2.05, 4.69) is 5.32 Å². The average Bonchev–Trinajstić information content (AvgIpc) is 2.99. The molecule has 0 saturated heterocycles. The summed E-state index contributed by atoms with van der Waals surface area (Å²) in [5.74, 6) is -0.304. The third kappa shape index (κ3) is 5.70. The van der Waals surface area contributed by atoms with Crippen LogP contribution in [0.5, 0.6) is 11.5 Å². The number of dihydropyridines is 1. The number of phenols is 1. The van der Waals surface area contributed by atoms with Crippen LogP contribution in [0.2, 0.25) is 0 Å². The van der Waals surface area contributed by atoms with Crippen molar-refractivity contribution in [3.05, 3.63) is 105 Å². The summed E-state index contributed by atoms with van der Waals surface area (Å²) in [7, 11) is 0. The van der Waals surface area contributed by atoms with Crippen molar-refractivity contribution in [2.24, 2.45) is 5.73 Å². The first-order chi connectivity index (χ1) is 20.1. The Morgan fingerprint density at radius 3 is 2.71 bits per heavy atom. The first-order valence-electron chi connectivity index (χ1n) is 14.0. The van der Waals surface area contributed by atoms with Gasteiger partial charge in [0.05, 0.1) is 6.17 Å². The number of allylic oxidation sites excluding steroid dienone is 3. The standard InChI is InChI=1S/C33H36N2O7/c1-4-19(2)32(39)41-26-16-23-29(38)28-25(37)15-22(18-36)40-31(28)24(14-20-8-6-5-7-9-20)30(23)42-33(26,3)13-12-21-10-11-27(34)35-17-21/h4-11,15,17,26-27,35-36,38H,12-14,16,18,34H2,1-3H3/b19-4-/t26-,27?,33+/m1/s1. The van der Waals surface area contributed by atoms with Crippen molar-refractivity contribution in [1.29, 1.82) is 0 Å². The van der Waals surface area contributed by atoms with Gasteiger partial charge >= 0.3 is 5.97 Å². The number of benzene rings is 2. The highest BCUT2D eigenvalue weighted by Crippen LogP contribution is 2.48. The van der Waals surface area contributed by atoms with Crippen LogP contribution in [0, 0.1) is 0 Å². The van der Waals surface area contributed by atoms with Crippen LogP contribution in [0.25, 0.3) is 11.0 Å². The molecule has 5 rings (SSSR count). The van der Waals surface area contributed by atoms with Crippen LogP contribution in [0.15, 0.2) is 81.2 Å². The summed E-state index contributed by atoms with van der Waals surface area (Å²) < 4.78 is 18.8. The molecule has 0 aliphatic carbocycles. The van der Waals surface area contributed by atoms with Gasteiger partial charge in [0.2, 0.25) is 0 Å². The largest absolute Gasteiger partial charge is 0.507 e. The van der Waals surface area contributed by atoms with Gasteiger partial charge in [0, 0.05) is 41.8 Å². The zero-order chi connectivity index (χ0) is 30.0. The number of aromatic hydroxyl groups is 1. The second-order valence-corrected chi connectivity index (χ2v) is 11.0. The predicted octanol–water partition coefficient (Wildman–Crippen LogP) is 4.26. The van der Waals surface area contributed by atoms with Gasteiger partial charge in [-0.2, -0.15) is 0 Å². The van der Waals surface area contributed by atoms with Crippen molar-refractivity contribution in [2.75, 3.05) is 0 Å². The lowest BCUT2D eigenvalue weighted by atomic mass is 9.82. The van der Waals surface area contributed by atoms with Crippen molar-refractivity contribution >= 4 is 16.9 Å². The zero-order valence-electron chi connectivity index (χ0n) is 24.0. The third-order valence-corrected chi connectivity index (χ3v) is 8.02. The van der Waals surface area contributed by atoms with E-state index >= 15 is 0 Å². The number of esters is 1. The quantitative estimate of drug-likeness (QED) is 0.230. The van der Waals surface area contributed by atoms with Gasteiger partial charge in [-0.15, -0.1) is 0 Å². The molecule has 9 heteroatoms. The molecule has 0 spiro atoms. The molecule has 0 saturated carbocycles. The number of fused-ring (bicyclic) bond motifs is 2. The van der Waals surface area contributed by atoms with E-state index in [1.54, 1.807) is 19.9 Å². The van der Waals surface area contributed by atoms with Crippen LogP contribution >= 0.6 is 0 Å². The number of nitrogens with one attached hydrogen (secondary N) is 1. The highest BCUT2D eigenvalue weighted by molar-refractivity contribution is 5.91. The first kappa shape index (κ1) is 29.2. The molecule has 220 valence electrons. The Morgan fingerprint density at radius 1 is 1.29 bits per heavy atom. The van der Waals surface area contributed by atoms with E-state index in [4.69, 9.17) is 19.6 Å². The van der Waals surface area contributed by atoms with Gasteiger partial charge in [-0.25, -0.2) is 4.79 Å². The van der Waals surface area contributed by atoms with E-state index in [0.717, 1.165) is 11.1 Å². The van der Waals surface area contributed by atoms with Crippen molar-refractivity contribution in [3.63, 3.8) is 0 Å². The fourth-order valence-corrected chi connectivity index (χ4v) is 5.37. The predicted molar refractivity (Wildman–Crippen MR) is 159 cm³/mol. The lowest BCUT2D eigenvalue weighted by Crippen LogP contribution is -2.51. The maximum Gasteiger partial charge on any atom is 0.333 e. The molecule has 2 aliphatic rings. The number of phenolic OH excluding ortho intramolecular Hbond substituents is 1. The van der Waals surface area contributed by atoms with Crippen LogP contribution in [0.3, 0.4) is 0 Å². The highest BCUT2D eigenvalue weighted by Gasteiger charge is 2.46. The Labute approximate surface area is 243 Å². The number of carbonyl (C=O) groups is 1. The monoisotopic (exact) mass is 572 g/mol. The van der Waals surface area contributed by atoms with Crippen molar-refractivity contribution in [3.8, 4) is 11.5 Å². The number of carbonyl (C=O) groups excluding carboxylic acids is 1. The SMILES string of the molecule is C/C=C(/C)C(=O)O[C@@H]1Cc2c(c(Cc3ccccc3)c3oc(CO)cc(=O)c3c2O)O[C@@]1(C)CCC1=CNC(N)C=C1. The molecule has 9 nitrogen and oxygen atoms in total. The number of nitrogens with two attached hydrogens (primary N) is 1. The summed E-state index contributed by atoms with van der Waals surface area (Å²) >= 11 is 0. The van der Waals surface area contributed by atoms with Crippen LogP contribution in [-0.2, 0) is 29.0 Å². The fourth-order valence-electron chi connectivity index (χ4n) is 5.37. The smallest absolute Gasteiger partial charge is 0.333 e. The van der Waals surface area contributed by atoms with E-state index in [0.29, 0.717) is 41.7 Å². The number of aliphatic hydroxyl groups excluding tert-OH is 1. The van der Waals surface area contributed by atoms with Crippen LogP contribution in [0.1, 0.15) is 56.1 Å². The van der Waals surface area contributed by atoms with Crippen LogP contribution in [-0.4, -0.2) is 34.1 Å². The molecule has 42 heavy (non-hydrogen) atoms. The topological polar surface area (TPSA) is 144 Å². The summed E-state index contributed by atoms with van der Waals surface area (Å²) in [6.45, 7) is 4.85. The van der Waals surface area contributed by atoms with E-state index in [9.17, 15) is 19.8 Å². The van der Waals surface area contributed by atoms with Gasteiger partial charge in [0.25, 0.3) is 0 Å². The number of hydrogen-bond acceptors (Lipinski definition) is 9. The van der Waals surface area contributed by atoms with Gasteiger partial charge in [-0.1, -0.05) is 42.5 Å². The average molecular weight is 573 g/mol. The highest BCUT2D eigenvalue weighted by atomic mass is 16.6. The lowest BCUT2D eigenvalue weighted by Gasteiger charge is -2.43. The number of ether oxygens (including phenoxy) is 2. The van der Waals surface area contributed by atoms with Gasteiger partial charge in [-0.3, -0.25) is 4.79 Å². The zero-order valence-corrected chi connectivity index (χ0v) is 24.0. The normalized spacial score (nSPS) is 21.7. The lowest BCUT2D eigenvalue weighted by molar-refractivity contribution is -0.158.